The Morgan fingerprint density at radius 2 is 2.31 bits per heavy atom. The Kier molecular flexibility index (Phi) is 5.33. The van der Waals surface area contributed by atoms with Crippen LogP contribution in [0.2, 0.25) is 0 Å². The van der Waals surface area contributed by atoms with Gasteiger partial charge in [0.25, 0.3) is 0 Å². The fourth-order valence-electron chi connectivity index (χ4n) is 3.67. The molecular weight excluding hydrogens is 392 g/mol. The van der Waals surface area contributed by atoms with Crippen LogP contribution >= 0.6 is 11.3 Å². The molecule has 0 amide bonds. The number of aromatic nitrogens is 2. The molecule has 0 bridgehead atoms. The maximum Gasteiger partial charge on any atom is 0.169 e. The second-order valence-corrected chi connectivity index (χ2v) is 7.97. The molecular formula is C19H23N6O3S+. The van der Waals surface area contributed by atoms with Gasteiger partial charge >= 0.3 is 0 Å². The van der Waals surface area contributed by atoms with Crippen LogP contribution in [-0.4, -0.2) is 34.0 Å². The molecule has 2 heterocycles. The number of hydrogen-bond acceptors (Lipinski definition) is 8. The minimum absolute atomic E-state index is 0.343. The van der Waals surface area contributed by atoms with E-state index in [4.69, 9.17) is 15.9 Å². The summed E-state index contributed by atoms with van der Waals surface area (Å²) in [6.07, 6.45) is 4.79. The Morgan fingerprint density at radius 1 is 1.48 bits per heavy atom. The Labute approximate surface area is 171 Å². The molecule has 2 atom stereocenters. The normalized spacial score (nSPS) is 17.0. The van der Waals surface area contributed by atoms with E-state index in [0.717, 1.165) is 20.7 Å². The van der Waals surface area contributed by atoms with Crippen molar-refractivity contribution in [3.05, 3.63) is 39.7 Å². The van der Waals surface area contributed by atoms with Gasteiger partial charge in [0.05, 0.1) is 23.2 Å². The molecule has 0 radical (unpaired) electrons. The molecule has 0 spiro atoms. The number of nitrogens with zero attached hydrogens (tertiary/aromatic N) is 2. The number of nitrogens with one attached hydrogen (secondary N) is 2. The van der Waals surface area contributed by atoms with Crippen molar-refractivity contribution in [3.8, 4) is 5.75 Å². The van der Waals surface area contributed by atoms with Crippen LogP contribution in [0.1, 0.15) is 29.3 Å². The van der Waals surface area contributed by atoms with Crippen molar-refractivity contribution in [3.63, 3.8) is 0 Å². The van der Waals surface area contributed by atoms with Gasteiger partial charge in [0.1, 0.15) is 28.8 Å². The molecule has 2 unspecified atom stereocenters. The molecule has 0 saturated carbocycles. The third-order valence-electron chi connectivity index (χ3n) is 5.11. The van der Waals surface area contributed by atoms with Gasteiger partial charge in [-0.15, -0.1) is 11.3 Å². The van der Waals surface area contributed by atoms with Gasteiger partial charge < -0.3 is 21.0 Å². The maximum absolute atomic E-state index is 11.4. The van der Waals surface area contributed by atoms with Crippen LogP contribution in [0.15, 0.2) is 18.5 Å². The number of aryl methyl sites for hydroxylation is 1. The monoisotopic (exact) mass is 415 g/mol. The van der Waals surface area contributed by atoms with E-state index in [1.165, 1.54) is 23.9 Å². The van der Waals surface area contributed by atoms with E-state index in [2.05, 4.69) is 15.3 Å². The summed E-state index contributed by atoms with van der Waals surface area (Å²) in [6, 6.07) is 3.22. The molecule has 4 rings (SSSR count). The lowest BCUT2D eigenvalue weighted by Gasteiger charge is -2.27. The molecule has 29 heavy (non-hydrogen) atoms. The maximum atomic E-state index is 11.4. The SMILES string of the molecule is CCOc1cc(N)c(C=[NH2+])cc1Nc1ncnc2sc3c(c12)CCC([NH+]([O-])O)C3. The smallest absolute Gasteiger partial charge is 0.169 e. The minimum Gasteiger partial charge on any atom is -0.600 e. The van der Waals surface area contributed by atoms with Gasteiger partial charge in [-0.1, -0.05) is 0 Å². The molecule has 1 aromatic carbocycles. The number of thiophene rings is 1. The number of rotatable bonds is 6. The van der Waals surface area contributed by atoms with Crippen LogP contribution in [0, 0.1) is 5.21 Å². The van der Waals surface area contributed by atoms with E-state index in [0.29, 0.717) is 54.4 Å². The Hall–Kier alpha value is -2.79. The largest absolute Gasteiger partial charge is 0.600 e. The summed E-state index contributed by atoms with van der Waals surface area (Å²) in [7, 11) is 0. The van der Waals surface area contributed by atoms with Crippen molar-refractivity contribution in [2.45, 2.75) is 32.2 Å². The van der Waals surface area contributed by atoms with Gasteiger partial charge in [0, 0.05) is 29.5 Å². The van der Waals surface area contributed by atoms with Crippen molar-refractivity contribution < 1.29 is 20.6 Å². The number of anilines is 3. The highest BCUT2D eigenvalue weighted by atomic mass is 32.1. The summed E-state index contributed by atoms with van der Waals surface area (Å²) < 4.78 is 5.73. The standard InChI is InChI=1S/C19H22N6O3S/c1-2-28-15-7-13(21)10(8-20)5-14(15)24-18-17-12-4-3-11(25(26)27)6-16(12)29-19(17)23-9-22-18/h5,7-9,11,20,25-26H,2-4,6,21H2,1H3,(H,22,23,24)/p+1. The van der Waals surface area contributed by atoms with E-state index in [1.807, 2.05) is 13.0 Å². The van der Waals surface area contributed by atoms with Crippen molar-refractivity contribution >= 4 is 45.0 Å². The fraction of sp³-hybridized carbons (Fsp3) is 0.316. The second-order valence-electron chi connectivity index (χ2n) is 6.89. The zero-order valence-electron chi connectivity index (χ0n) is 15.9. The molecule has 152 valence electrons. The molecule has 2 aromatic heterocycles. The van der Waals surface area contributed by atoms with Crippen molar-refractivity contribution in [1.29, 1.82) is 0 Å². The lowest BCUT2D eigenvalue weighted by Crippen LogP contribution is -3.09. The van der Waals surface area contributed by atoms with Crippen molar-refractivity contribution in [2.24, 2.45) is 0 Å². The molecule has 10 heteroatoms. The van der Waals surface area contributed by atoms with Gasteiger partial charge in [-0.25, -0.2) is 20.4 Å². The van der Waals surface area contributed by atoms with E-state index in [1.54, 1.807) is 6.07 Å². The first-order valence-corrected chi connectivity index (χ1v) is 10.2. The quantitative estimate of drug-likeness (QED) is 0.220. The van der Waals surface area contributed by atoms with Crippen molar-refractivity contribution in [1.82, 2.24) is 9.97 Å². The van der Waals surface area contributed by atoms with E-state index < -0.39 is 5.23 Å². The van der Waals surface area contributed by atoms with Crippen LogP contribution < -0.4 is 26.4 Å². The third kappa shape index (κ3) is 3.62. The lowest BCUT2D eigenvalue weighted by molar-refractivity contribution is -1.07. The molecule has 0 aliphatic heterocycles. The van der Waals surface area contributed by atoms with Crippen LogP contribution in [0.3, 0.4) is 0 Å². The third-order valence-corrected chi connectivity index (χ3v) is 6.27. The molecule has 7 N–H and O–H groups in total. The first kappa shape index (κ1) is 19.5. The van der Waals surface area contributed by atoms with Gasteiger partial charge in [0.15, 0.2) is 6.21 Å². The number of hydrogen-bond donors (Lipinski definition) is 5. The van der Waals surface area contributed by atoms with E-state index >= 15 is 0 Å². The van der Waals surface area contributed by atoms with Crippen LogP contribution in [0.4, 0.5) is 17.2 Å². The number of ether oxygens (including phenoxy) is 1. The molecule has 0 saturated heterocycles. The highest BCUT2D eigenvalue weighted by Gasteiger charge is 2.28. The van der Waals surface area contributed by atoms with E-state index in [9.17, 15) is 10.4 Å². The Morgan fingerprint density at radius 3 is 3.03 bits per heavy atom. The number of benzene rings is 1. The zero-order chi connectivity index (χ0) is 20.5. The Balaban J connectivity index is 1.77. The number of nitrogens with two attached hydrogens (primary N) is 2. The summed E-state index contributed by atoms with van der Waals surface area (Å²) >= 11 is 1.54. The predicted molar refractivity (Wildman–Crippen MR) is 112 cm³/mol. The van der Waals surface area contributed by atoms with E-state index in [-0.39, 0.29) is 6.04 Å². The molecule has 0 fully saturated rings. The van der Waals surface area contributed by atoms with Gasteiger partial charge in [0.2, 0.25) is 0 Å². The summed E-state index contributed by atoms with van der Waals surface area (Å²) in [5, 5.41) is 30.0. The van der Waals surface area contributed by atoms with Gasteiger partial charge in [-0.2, -0.15) is 0 Å². The Bertz CT molecular complexity index is 1070. The highest BCUT2D eigenvalue weighted by molar-refractivity contribution is 7.19. The minimum atomic E-state index is -0.744. The number of fused-ring (bicyclic) bond motifs is 3. The van der Waals surface area contributed by atoms with Crippen LogP contribution in [0.5, 0.6) is 5.75 Å². The van der Waals surface area contributed by atoms with Crippen molar-refractivity contribution in [2.75, 3.05) is 17.7 Å². The molecule has 3 aromatic rings. The first-order valence-electron chi connectivity index (χ1n) is 9.38. The summed E-state index contributed by atoms with van der Waals surface area (Å²) in [4.78, 5) is 10.8. The van der Waals surface area contributed by atoms with Gasteiger partial charge in [-0.3, -0.25) is 5.41 Å². The predicted octanol–water partition coefficient (Wildman–Crippen LogP) is 0.223. The zero-order valence-corrected chi connectivity index (χ0v) is 16.8. The highest BCUT2D eigenvalue weighted by Crippen LogP contribution is 2.40. The average Bonchev–Trinajstić information content (AvgIpc) is 3.08. The summed E-state index contributed by atoms with van der Waals surface area (Å²) in [5.74, 6) is 1.27. The molecule has 1 aliphatic carbocycles. The molecule has 9 nitrogen and oxygen atoms in total. The van der Waals surface area contributed by atoms with Gasteiger partial charge in [-0.05, 0) is 25.0 Å². The van der Waals surface area contributed by atoms with Crippen LogP contribution in [0.25, 0.3) is 10.2 Å². The topological polar surface area (TPSA) is 146 Å². The first-order chi connectivity index (χ1) is 14.0. The second kappa shape index (κ2) is 7.91. The number of nitrogen functional groups attached to an aromatic ring is 1. The summed E-state index contributed by atoms with van der Waals surface area (Å²) in [5.41, 5.74) is 9.09. The fourth-order valence-corrected chi connectivity index (χ4v) is 4.94. The molecule has 1 aliphatic rings. The lowest BCUT2D eigenvalue weighted by atomic mass is 9.93. The summed E-state index contributed by atoms with van der Waals surface area (Å²) in [6.45, 7) is 2.39. The number of quaternary nitrogens is 1. The number of hydroxylamine groups is 2. The average molecular weight is 415 g/mol. The van der Waals surface area contributed by atoms with Crippen LogP contribution in [-0.2, 0) is 12.8 Å².